The average Bonchev–Trinajstić information content (AvgIpc) is 2.89. The molecule has 1 N–H and O–H groups in total. The van der Waals surface area contributed by atoms with E-state index in [1.54, 1.807) is 38.1 Å². The van der Waals surface area contributed by atoms with E-state index in [2.05, 4.69) is 5.32 Å². The summed E-state index contributed by atoms with van der Waals surface area (Å²) in [5, 5.41) is 3.31. The second kappa shape index (κ2) is 19.6. The lowest BCUT2D eigenvalue weighted by molar-refractivity contribution is -0.153. The van der Waals surface area contributed by atoms with Gasteiger partial charge in [-0.3, -0.25) is 0 Å². The average molecular weight is 580 g/mol. The van der Waals surface area contributed by atoms with Crippen molar-refractivity contribution >= 4 is 17.6 Å². The predicted molar refractivity (Wildman–Crippen MR) is 147 cm³/mol. The van der Waals surface area contributed by atoms with Crippen LogP contribution in [0.3, 0.4) is 0 Å². The highest BCUT2D eigenvalue weighted by Crippen LogP contribution is 2.29. The standard InChI is InChI=1S/C30H46F5NO4/c1-3-26(28(38)39-4-2)40-27(37)24-16-18-25(19-17-24)36-23-15-10-8-6-5-7-9-12-20-29(31,32)21-13-11-14-22-30(33,34)35/h16-19,26,36H,3-15,20-23H2,1-2H3. The van der Waals surface area contributed by atoms with Crippen molar-refractivity contribution < 1.29 is 41.0 Å². The topological polar surface area (TPSA) is 64.6 Å². The van der Waals surface area contributed by atoms with Crippen molar-refractivity contribution in [2.75, 3.05) is 18.5 Å². The quantitative estimate of drug-likeness (QED) is 0.0843. The molecule has 0 aliphatic rings. The summed E-state index contributed by atoms with van der Waals surface area (Å²) in [5.41, 5.74) is 1.24. The number of carbonyl (C=O) groups excluding carboxylic acids is 2. The second-order valence-electron chi connectivity index (χ2n) is 10.2. The number of ether oxygens (including phenoxy) is 2. The number of carbonyl (C=O) groups is 2. The summed E-state index contributed by atoms with van der Waals surface area (Å²) in [6.07, 6.45) is 1.30. The van der Waals surface area contributed by atoms with Gasteiger partial charge in [0.15, 0.2) is 6.10 Å². The van der Waals surface area contributed by atoms with Gasteiger partial charge in [-0.15, -0.1) is 0 Å². The normalized spacial score (nSPS) is 12.7. The Labute approximate surface area is 235 Å². The van der Waals surface area contributed by atoms with Crippen molar-refractivity contribution in [3.63, 3.8) is 0 Å². The Kier molecular flexibility index (Phi) is 17.5. The minimum atomic E-state index is -4.21. The third-order valence-corrected chi connectivity index (χ3v) is 6.59. The van der Waals surface area contributed by atoms with E-state index in [9.17, 15) is 31.5 Å². The van der Waals surface area contributed by atoms with Crippen LogP contribution in [0.4, 0.5) is 27.6 Å². The molecule has 0 aliphatic heterocycles. The minimum Gasteiger partial charge on any atom is -0.463 e. The first-order valence-corrected chi connectivity index (χ1v) is 14.6. The first-order chi connectivity index (χ1) is 19.0. The molecule has 0 spiro atoms. The van der Waals surface area contributed by atoms with E-state index >= 15 is 0 Å². The van der Waals surface area contributed by atoms with Crippen LogP contribution in [0.5, 0.6) is 0 Å². The summed E-state index contributed by atoms with van der Waals surface area (Å²) >= 11 is 0. The lowest BCUT2D eigenvalue weighted by Gasteiger charge is -2.16. The summed E-state index contributed by atoms with van der Waals surface area (Å²) in [6.45, 7) is 4.45. The van der Waals surface area contributed by atoms with Crippen LogP contribution < -0.4 is 5.32 Å². The van der Waals surface area contributed by atoms with Gasteiger partial charge in [-0.05, 0) is 63.3 Å². The van der Waals surface area contributed by atoms with Crippen LogP contribution in [0.15, 0.2) is 24.3 Å². The van der Waals surface area contributed by atoms with Gasteiger partial charge in [-0.2, -0.15) is 13.2 Å². The van der Waals surface area contributed by atoms with Crippen molar-refractivity contribution in [2.45, 2.75) is 128 Å². The molecule has 1 rings (SSSR count). The molecule has 0 saturated carbocycles. The highest BCUT2D eigenvalue weighted by Gasteiger charge is 2.29. The van der Waals surface area contributed by atoms with Gasteiger partial charge in [0, 0.05) is 31.5 Å². The number of esters is 2. The van der Waals surface area contributed by atoms with Gasteiger partial charge in [-0.1, -0.05) is 51.9 Å². The molecule has 1 aromatic carbocycles. The van der Waals surface area contributed by atoms with Crippen LogP contribution in [0, 0.1) is 0 Å². The third-order valence-electron chi connectivity index (χ3n) is 6.59. The van der Waals surface area contributed by atoms with Crippen molar-refractivity contribution in [2.24, 2.45) is 0 Å². The molecule has 1 aromatic rings. The number of rotatable bonds is 22. The first kappa shape index (κ1) is 35.6. The van der Waals surface area contributed by atoms with Gasteiger partial charge < -0.3 is 14.8 Å². The predicted octanol–water partition coefficient (Wildman–Crippen LogP) is 9.26. The number of anilines is 1. The van der Waals surface area contributed by atoms with Crippen LogP contribution in [-0.2, 0) is 14.3 Å². The second-order valence-corrected chi connectivity index (χ2v) is 10.2. The maximum atomic E-state index is 13.9. The SMILES string of the molecule is CCOC(=O)C(CC)OC(=O)c1ccc(NCCCCCCCCCCC(F)(F)CCCCCC(F)(F)F)cc1. The molecule has 0 bridgehead atoms. The summed E-state index contributed by atoms with van der Waals surface area (Å²) < 4.78 is 74.1. The van der Waals surface area contributed by atoms with Crippen molar-refractivity contribution in [1.29, 1.82) is 0 Å². The molecule has 1 atom stereocenters. The van der Waals surface area contributed by atoms with Gasteiger partial charge in [0.2, 0.25) is 5.92 Å². The lowest BCUT2D eigenvalue weighted by Crippen LogP contribution is -2.28. The van der Waals surface area contributed by atoms with Gasteiger partial charge in [0.1, 0.15) is 0 Å². The van der Waals surface area contributed by atoms with E-state index in [1.807, 2.05) is 0 Å². The minimum absolute atomic E-state index is 0.0822. The highest BCUT2D eigenvalue weighted by atomic mass is 19.4. The van der Waals surface area contributed by atoms with Crippen LogP contribution in [0.1, 0.15) is 121 Å². The summed E-state index contributed by atoms with van der Waals surface area (Å²) in [5.74, 6) is -3.90. The smallest absolute Gasteiger partial charge is 0.389 e. The fraction of sp³-hybridized carbons (Fsp3) is 0.733. The number of halogens is 5. The molecule has 230 valence electrons. The van der Waals surface area contributed by atoms with E-state index in [0.717, 1.165) is 57.2 Å². The highest BCUT2D eigenvalue weighted by molar-refractivity contribution is 5.91. The summed E-state index contributed by atoms with van der Waals surface area (Å²) in [7, 11) is 0. The van der Waals surface area contributed by atoms with Crippen LogP contribution in [0.2, 0.25) is 0 Å². The fourth-order valence-electron chi connectivity index (χ4n) is 4.27. The Hall–Kier alpha value is -2.39. The number of hydrogen-bond donors (Lipinski definition) is 1. The maximum Gasteiger partial charge on any atom is 0.389 e. The molecule has 5 nitrogen and oxygen atoms in total. The summed E-state index contributed by atoms with van der Waals surface area (Å²) in [4.78, 5) is 24.1. The Morgan fingerprint density at radius 1 is 0.750 bits per heavy atom. The molecule has 0 heterocycles. The van der Waals surface area contributed by atoms with E-state index < -0.39 is 36.6 Å². The Morgan fingerprint density at radius 2 is 1.25 bits per heavy atom. The van der Waals surface area contributed by atoms with Crippen LogP contribution >= 0.6 is 0 Å². The molecular weight excluding hydrogens is 533 g/mol. The van der Waals surface area contributed by atoms with Crippen molar-refractivity contribution in [3.05, 3.63) is 29.8 Å². The Bertz CT molecular complexity index is 830. The zero-order valence-electron chi connectivity index (χ0n) is 23.9. The Balaban J connectivity index is 2.07. The lowest BCUT2D eigenvalue weighted by atomic mass is 10.0. The van der Waals surface area contributed by atoms with Gasteiger partial charge >= 0.3 is 18.1 Å². The van der Waals surface area contributed by atoms with Crippen molar-refractivity contribution in [3.8, 4) is 0 Å². The van der Waals surface area contributed by atoms with Crippen LogP contribution in [-0.4, -0.2) is 43.3 Å². The van der Waals surface area contributed by atoms with E-state index in [4.69, 9.17) is 9.47 Å². The molecule has 1 unspecified atom stereocenters. The zero-order valence-corrected chi connectivity index (χ0v) is 23.9. The van der Waals surface area contributed by atoms with Crippen molar-refractivity contribution in [1.82, 2.24) is 0 Å². The molecule has 40 heavy (non-hydrogen) atoms. The van der Waals surface area contributed by atoms with Gasteiger partial charge in [0.25, 0.3) is 0 Å². The van der Waals surface area contributed by atoms with E-state index in [-0.39, 0.29) is 38.7 Å². The molecule has 0 radical (unpaired) electrons. The molecule has 0 fully saturated rings. The summed E-state index contributed by atoms with van der Waals surface area (Å²) in [6, 6.07) is 6.88. The molecule has 0 amide bonds. The molecule has 0 saturated heterocycles. The van der Waals surface area contributed by atoms with E-state index in [0.29, 0.717) is 18.4 Å². The molecule has 0 aromatic heterocycles. The number of benzene rings is 1. The first-order valence-electron chi connectivity index (χ1n) is 14.6. The molecular formula is C30H46F5NO4. The fourth-order valence-corrected chi connectivity index (χ4v) is 4.27. The van der Waals surface area contributed by atoms with Crippen LogP contribution in [0.25, 0.3) is 0 Å². The Morgan fingerprint density at radius 3 is 1.77 bits per heavy atom. The molecule has 10 heteroatoms. The van der Waals surface area contributed by atoms with Gasteiger partial charge in [-0.25, -0.2) is 18.4 Å². The maximum absolute atomic E-state index is 13.9. The number of nitrogens with one attached hydrogen (secondary N) is 1. The monoisotopic (exact) mass is 579 g/mol. The van der Waals surface area contributed by atoms with E-state index in [1.165, 1.54) is 0 Å². The largest absolute Gasteiger partial charge is 0.463 e. The number of hydrogen-bond acceptors (Lipinski definition) is 5. The number of unbranched alkanes of at least 4 members (excludes halogenated alkanes) is 9. The third kappa shape index (κ3) is 17.3. The van der Waals surface area contributed by atoms with Gasteiger partial charge in [0.05, 0.1) is 12.2 Å². The number of alkyl halides is 5. The molecule has 0 aliphatic carbocycles. The zero-order chi connectivity index (χ0) is 29.9.